The van der Waals surface area contributed by atoms with Gasteiger partial charge in [0.1, 0.15) is 5.82 Å². The number of carboxylic acid groups (broad SMARTS) is 1. The summed E-state index contributed by atoms with van der Waals surface area (Å²) in [7, 11) is 0. The van der Waals surface area contributed by atoms with Gasteiger partial charge in [-0.05, 0) is 31.4 Å². The highest BCUT2D eigenvalue weighted by molar-refractivity contribution is 6.01. The third kappa shape index (κ3) is 2.53. The number of imidazole rings is 1. The Bertz CT molecular complexity index is 657. The van der Waals surface area contributed by atoms with Gasteiger partial charge in [-0.15, -0.1) is 0 Å². The quantitative estimate of drug-likeness (QED) is 0.939. The van der Waals surface area contributed by atoms with Crippen molar-refractivity contribution in [2.24, 2.45) is 0 Å². The van der Waals surface area contributed by atoms with E-state index in [4.69, 9.17) is 4.74 Å². The van der Waals surface area contributed by atoms with Crippen LogP contribution in [0, 0.1) is 0 Å². The Morgan fingerprint density at radius 2 is 2.38 bits per heavy atom. The van der Waals surface area contributed by atoms with Crippen LogP contribution in [0.3, 0.4) is 0 Å². The van der Waals surface area contributed by atoms with Crippen molar-refractivity contribution in [2.75, 3.05) is 13.2 Å². The minimum Gasteiger partial charge on any atom is -0.478 e. The predicted molar refractivity (Wildman–Crippen MR) is 79.8 cm³/mol. The molecule has 0 radical (unpaired) electrons. The second kappa shape index (κ2) is 5.85. The van der Waals surface area contributed by atoms with Crippen molar-refractivity contribution >= 4 is 17.0 Å². The standard InChI is InChI=1S/C16H20N2O3/c1-2-5-14-17-13-8-3-7-12(16(19)20)15(13)18(14)11-6-4-9-21-10-11/h3,7-8,11H,2,4-6,9-10H2,1H3,(H,19,20). The van der Waals surface area contributed by atoms with E-state index in [-0.39, 0.29) is 6.04 Å². The lowest BCUT2D eigenvalue weighted by Crippen LogP contribution is -2.23. The lowest BCUT2D eigenvalue weighted by atomic mass is 10.1. The number of nitrogens with zero attached hydrogens (tertiary/aromatic N) is 2. The van der Waals surface area contributed by atoms with E-state index in [1.54, 1.807) is 12.1 Å². The van der Waals surface area contributed by atoms with E-state index in [0.29, 0.717) is 12.2 Å². The number of aryl methyl sites for hydroxylation is 1. The summed E-state index contributed by atoms with van der Waals surface area (Å²) in [6.45, 7) is 3.54. The number of rotatable bonds is 4. The van der Waals surface area contributed by atoms with E-state index in [9.17, 15) is 9.90 Å². The van der Waals surface area contributed by atoms with Crippen LogP contribution in [0.25, 0.3) is 11.0 Å². The van der Waals surface area contributed by atoms with E-state index >= 15 is 0 Å². The van der Waals surface area contributed by atoms with Gasteiger partial charge in [-0.1, -0.05) is 13.0 Å². The van der Waals surface area contributed by atoms with E-state index in [0.717, 1.165) is 49.1 Å². The topological polar surface area (TPSA) is 64.3 Å². The lowest BCUT2D eigenvalue weighted by molar-refractivity contribution is 0.0591. The Balaban J connectivity index is 2.21. The molecule has 0 bridgehead atoms. The molecule has 5 nitrogen and oxygen atoms in total. The second-order valence-corrected chi connectivity index (χ2v) is 5.50. The van der Waals surface area contributed by atoms with Gasteiger partial charge >= 0.3 is 5.97 Å². The zero-order chi connectivity index (χ0) is 14.8. The Morgan fingerprint density at radius 1 is 1.52 bits per heavy atom. The van der Waals surface area contributed by atoms with Crippen LogP contribution < -0.4 is 0 Å². The molecule has 2 aromatic rings. The first-order valence-corrected chi connectivity index (χ1v) is 7.53. The first-order valence-electron chi connectivity index (χ1n) is 7.53. The number of fused-ring (bicyclic) bond motifs is 1. The molecule has 0 amide bonds. The number of benzene rings is 1. The van der Waals surface area contributed by atoms with Gasteiger partial charge in [-0.25, -0.2) is 9.78 Å². The van der Waals surface area contributed by atoms with Crippen molar-refractivity contribution in [1.29, 1.82) is 0 Å². The van der Waals surface area contributed by atoms with Crippen LogP contribution in [0.5, 0.6) is 0 Å². The van der Waals surface area contributed by atoms with Crippen LogP contribution in [-0.2, 0) is 11.2 Å². The summed E-state index contributed by atoms with van der Waals surface area (Å²) in [5.41, 5.74) is 1.83. The molecule has 0 saturated carbocycles. The minimum atomic E-state index is -0.901. The highest BCUT2D eigenvalue weighted by Crippen LogP contribution is 2.29. The first-order chi connectivity index (χ1) is 10.2. The van der Waals surface area contributed by atoms with Crippen molar-refractivity contribution in [1.82, 2.24) is 9.55 Å². The molecule has 3 rings (SSSR count). The number of para-hydroxylation sites is 1. The molecule has 1 saturated heterocycles. The predicted octanol–water partition coefficient (Wildman–Crippen LogP) is 3.04. The number of carbonyl (C=O) groups is 1. The molecule has 112 valence electrons. The van der Waals surface area contributed by atoms with Gasteiger partial charge in [-0.2, -0.15) is 0 Å². The van der Waals surface area contributed by atoms with Crippen molar-refractivity contribution in [3.05, 3.63) is 29.6 Å². The molecule has 0 spiro atoms. The zero-order valence-corrected chi connectivity index (χ0v) is 12.2. The molecular weight excluding hydrogens is 268 g/mol. The molecule has 0 aliphatic carbocycles. The highest BCUT2D eigenvalue weighted by Gasteiger charge is 2.24. The van der Waals surface area contributed by atoms with Crippen LogP contribution in [-0.4, -0.2) is 33.8 Å². The summed E-state index contributed by atoms with van der Waals surface area (Å²) in [5.74, 6) is 0.0678. The lowest BCUT2D eigenvalue weighted by Gasteiger charge is -2.26. The monoisotopic (exact) mass is 288 g/mol. The van der Waals surface area contributed by atoms with Gasteiger partial charge in [0.15, 0.2) is 0 Å². The van der Waals surface area contributed by atoms with Crippen molar-refractivity contribution in [2.45, 2.75) is 38.6 Å². The largest absolute Gasteiger partial charge is 0.478 e. The number of aromatic nitrogens is 2. The van der Waals surface area contributed by atoms with E-state index < -0.39 is 5.97 Å². The number of hydrogen-bond acceptors (Lipinski definition) is 3. The third-order valence-electron chi connectivity index (χ3n) is 3.99. The molecule has 5 heteroatoms. The molecular formula is C16H20N2O3. The summed E-state index contributed by atoms with van der Waals surface area (Å²) in [4.78, 5) is 16.2. The number of ether oxygens (including phenoxy) is 1. The summed E-state index contributed by atoms with van der Waals surface area (Å²) >= 11 is 0. The molecule has 2 heterocycles. The van der Waals surface area contributed by atoms with Gasteiger partial charge < -0.3 is 14.4 Å². The molecule has 21 heavy (non-hydrogen) atoms. The van der Waals surface area contributed by atoms with Crippen molar-refractivity contribution < 1.29 is 14.6 Å². The second-order valence-electron chi connectivity index (χ2n) is 5.50. The van der Waals surface area contributed by atoms with Gasteiger partial charge in [0.2, 0.25) is 0 Å². The fraction of sp³-hybridized carbons (Fsp3) is 0.500. The molecule has 1 aromatic heterocycles. The smallest absolute Gasteiger partial charge is 0.337 e. The molecule has 1 unspecified atom stereocenters. The SMILES string of the molecule is CCCc1nc2cccc(C(=O)O)c2n1C1CCCOC1. The number of carboxylic acids is 1. The maximum Gasteiger partial charge on any atom is 0.337 e. The molecule has 1 N–H and O–H groups in total. The average Bonchev–Trinajstić information content (AvgIpc) is 2.86. The van der Waals surface area contributed by atoms with Gasteiger partial charge in [-0.3, -0.25) is 0 Å². The van der Waals surface area contributed by atoms with Gasteiger partial charge in [0, 0.05) is 13.0 Å². The molecule has 1 atom stereocenters. The van der Waals surface area contributed by atoms with Gasteiger partial charge in [0.25, 0.3) is 0 Å². The molecule has 1 aliphatic heterocycles. The summed E-state index contributed by atoms with van der Waals surface area (Å²) in [6.07, 6.45) is 3.85. The van der Waals surface area contributed by atoms with Crippen LogP contribution in [0.4, 0.5) is 0 Å². The summed E-state index contributed by atoms with van der Waals surface area (Å²) in [6, 6.07) is 5.49. The Hall–Kier alpha value is -1.88. The molecule has 1 fully saturated rings. The fourth-order valence-electron chi connectivity index (χ4n) is 3.09. The van der Waals surface area contributed by atoms with E-state index in [2.05, 4.69) is 16.5 Å². The molecule has 1 aliphatic rings. The maximum absolute atomic E-state index is 11.5. The molecule has 1 aromatic carbocycles. The normalized spacial score (nSPS) is 19.0. The van der Waals surface area contributed by atoms with Crippen LogP contribution in [0.1, 0.15) is 48.4 Å². The highest BCUT2D eigenvalue weighted by atomic mass is 16.5. The first kappa shape index (κ1) is 14.1. The Kier molecular flexibility index (Phi) is 3.92. The number of hydrogen-bond donors (Lipinski definition) is 1. The van der Waals surface area contributed by atoms with E-state index in [1.807, 2.05) is 6.07 Å². The maximum atomic E-state index is 11.5. The third-order valence-corrected chi connectivity index (χ3v) is 3.99. The average molecular weight is 288 g/mol. The van der Waals surface area contributed by atoms with E-state index in [1.165, 1.54) is 0 Å². The minimum absolute atomic E-state index is 0.186. The Labute approximate surface area is 123 Å². The van der Waals surface area contributed by atoms with Crippen LogP contribution in [0.2, 0.25) is 0 Å². The van der Waals surface area contributed by atoms with Crippen LogP contribution >= 0.6 is 0 Å². The summed E-state index contributed by atoms with van der Waals surface area (Å²) in [5, 5.41) is 9.47. The summed E-state index contributed by atoms with van der Waals surface area (Å²) < 4.78 is 7.70. The van der Waals surface area contributed by atoms with Gasteiger partial charge in [0.05, 0.1) is 29.2 Å². The van der Waals surface area contributed by atoms with Crippen molar-refractivity contribution in [3.8, 4) is 0 Å². The van der Waals surface area contributed by atoms with Crippen LogP contribution in [0.15, 0.2) is 18.2 Å². The van der Waals surface area contributed by atoms with Crippen molar-refractivity contribution in [3.63, 3.8) is 0 Å². The Morgan fingerprint density at radius 3 is 3.05 bits per heavy atom. The number of aromatic carboxylic acids is 1. The fourth-order valence-corrected chi connectivity index (χ4v) is 3.09. The zero-order valence-electron chi connectivity index (χ0n) is 12.2.